The van der Waals surface area contributed by atoms with Gasteiger partial charge in [0.15, 0.2) is 0 Å². The Morgan fingerprint density at radius 3 is 1.84 bits per heavy atom. The Morgan fingerprint density at radius 2 is 1.53 bits per heavy atom. The maximum atomic E-state index is 11.8. The minimum absolute atomic E-state index is 0.0301. The highest BCUT2D eigenvalue weighted by atomic mass is 16.5. The van der Waals surface area contributed by atoms with E-state index in [9.17, 15) is 4.79 Å². The van der Waals surface area contributed by atoms with E-state index in [1.54, 1.807) is 13.8 Å². The maximum absolute atomic E-state index is 11.8. The largest absolute Gasteiger partial charge is 0.366 e. The van der Waals surface area contributed by atoms with Gasteiger partial charge in [0.2, 0.25) is 0 Å². The third kappa shape index (κ3) is 13.7. The number of carbonyl (C=O) groups excluding carboxylic acids is 1. The van der Waals surface area contributed by atoms with E-state index >= 15 is 0 Å². The SMILES string of the molecule is CC.CC.CCOC(C)(C)C(=O)NC(C)CC(C)C. The van der Waals surface area contributed by atoms with Crippen molar-refractivity contribution in [2.45, 2.75) is 87.3 Å². The summed E-state index contributed by atoms with van der Waals surface area (Å²) in [6.07, 6.45) is 0.994. The zero-order valence-corrected chi connectivity index (χ0v) is 14.9. The van der Waals surface area contributed by atoms with Crippen LogP contribution in [0, 0.1) is 5.92 Å². The molecule has 0 rings (SSSR count). The molecule has 0 bridgehead atoms. The first-order chi connectivity index (χ1) is 8.79. The van der Waals surface area contributed by atoms with Gasteiger partial charge in [-0.25, -0.2) is 0 Å². The summed E-state index contributed by atoms with van der Waals surface area (Å²) in [5.74, 6) is 0.563. The number of rotatable bonds is 6. The molecule has 19 heavy (non-hydrogen) atoms. The van der Waals surface area contributed by atoms with Crippen LogP contribution >= 0.6 is 0 Å². The van der Waals surface area contributed by atoms with Crippen molar-refractivity contribution in [1.29, 1.82) is 0 Å². The van der Waals surface area contributed by atoms with Crippen molar-refractivity contribution in [1.82, 2.24) is 5.32 Å². The average molecular weight is 275 g/mol. The number of nitrogens with one attached hydrogen (secondary N) is 1. The van der Waals surface area contributed by atoms with E-state index < -0.39 is 5.60 Å². The Kier molecular flexibility index (Phi) is 17.1. The molecule has 1 atom stereocenters. The fraction of sp³-hybridized carbons (Fsp3) is 0.938. The lowest BCUT2D eigenvalue weighted by Crippen LogP contribution is -2.47. The van der Waals surface area contributed by atoms with Crippen molar-refractivity contribution in [3.05, 3.63) is 0 Å². The van der Waals surface area contributed by atoms with Gasteiger partial charge in [-0.2, -0.15) is 0 Å². The van der Waals surface area contributed by atoms with E-state index in [2.05, 4.69) is 19.2 Å². The lowest BCUT2D eigenvalue weighted by molar-refractivity contribution is -0.142. The number of hydrogen-bond donors (Lipinski definition) is 1. The lowest BCUT2D eigenvalue weighted by atomic mass is 10.0. The molecule has 1 unspecified atom stereocenters. The van der Waals surface area contributed by atoms with E-state index in [-0.39, 0.29) is 11.9 Å². The normalized spacial score (nSPS) is 11.7. The van der Waals surface area contributed by atoms with Crippen LogP contribution in [0.5, 0.6) is 0 Å². The van der Waals surface area contributed by atoms with Crippen LogP contribution in [0.15, 0.2) is 0 Å². The first kappa shape index (κ1) is 23.5. The van der Waals surface area contributed by atoms with E-state index in [1.165, 1.54) is 0 Å². The molecule has 0 aliphatic rings. The second-order valence-electron chi connectivity index (χ2n) is 4.95. The fourth-order valence-corrected chi connectivity index (χ4v) is 1.59. The molecule has 3 nitrogen and oxygen atoms in total. The van der Waals surface area contributed by atoms with Crippen LogP contribution < -0.4 is 5.32 Å². The van der Waals surface area contributed by atoms with Crippen LogP contribution in [0.1, 0.15) is 75.7 Å². The first-order valence-corrected chi connectivity index (χ1v) is 7.74. The standard InChI is InChI=1S/C12H25NO2.2C2H6/c1-7-15-12(5,6)11(14)13-10(4)8-9(2)3;2*1-2/h9-10H,7-8H2,1-6H3,(H,13,14);2*1-2H3. The van der Waals surface area contributed by atoms with Gasteiger partial charge in [-0.3, -0.25) is 4.79 Å². The summed E-state index contributed by atoms with van der Waals surface area (Å²) < 4.78 is 5.38. The molecule has 1 N–H and O–H groups in total. The minimum atomic E-state index is -0.722. The Hall–Kier alpha value is -0.570. The minimum Gasteiger partial charge on any atom is -0.366 e. The van der Waals surface area contributed by atoms with Gasteiger partial charge in [0.25, 0.3) is 5.91 Å². The summed E-state index contributed by atoms with van der Waals surface area (Å²) >= 11 is 0. The highest BCUT2D eigenvalue weighted by Crippen LogP contribution is 2.11. The van der Waals surface area contributed by atoms with Gasteiger partial charge >= 0.3 is 0 Å². The Labute approximate surface area is 121 Å². The molecule has 1 amide bonds. The molecular formula is C16H37NO2. The zero-order valence-electron chi connectivity index (χ0n) is 14.9. The molecule has 0 spiro atoms. The van der Waals surface area contributed by atoms with Crippen LogP contribution in [0.4, 0.5) is 0 Å². The van der Waals surface area contributed by atoms with Crippen molar-refractivity contribution in [3.63, 3.8) is 0 Å². The van der Waals surface area contributed by atoms with Crippen LogP contribution in [-0.4, -0.2) is 24.2 Å². The third-order valence-corrected chi connectivity index (χ3v) is 2.25. The molecule has 3 heteroatoms. The molecule has 0 aromatic carbocycles. The smallest absolute Gasteiger partial charge is 0.251 e. The number of carbonyl (C=O) groups is 1. The topological polar surface area (TPSA) is 38.3 Å². The second kappa shape index (κ2) is 13.9. The zero-order chi connectivity index (χ0) is 16.1. The van der Waals surface area contributed by atoms with Gasteiger partial charge in [-0.05, 0) is 40.0 Å². The summed E-state index contributed by atoms with van der Waals surface area (Å²) in [6, 6.07) is 0.206. The van der Waals surface area contributed by atoms with Gasteiger partial charge in [-0.1, -0.05) is 41.5 Å². The molecular weight excluding hydrogens is 238 g/mol. The molecule has 0 aliphatic heterocycles. The van der Waals surface area contributed by atoms with Crippen molar-refractivity contribution < 1.29 is 9.53 Å². The van der Waals surface area contributed by atoms with Gasteiger partial charge in [0, 0.05) is 12.6 Å². The van der Waals surface area contributed by atoms with Gasteiger partial charge < -0.3 is 10.1 Å². The van der Waals surface area contributed by atoms with Crippen molar-refractivity contribution >= 4 is 5.91 Å². The Bertz CT molecular complexity index is 201. The van der Waals surface area contributed by atoms with E-state index in [0.29, 0.717) is 12.5 Å². The molecule has 0 aromatic rings. The van der Waals surface area contributed by atoms with Crippen molar-refractivity contribution in [3.8, 4) is 0 Å². The van der Waals surface area contributed by atoms with Crippen molar-refractivity contribution in [2.24, 2.45) is 5.92 Å². The number of ether oxygens (including phenoxy) is 1. The van der Waals surface area contributed by atoms with Crippen LogP contribution in [0.25, 0.3) is 0 Å². The molecule has 0 heterocycles. The predicted molar refractivity (Wildman–Crippen MR) is 85.5 cm³/mol. The number of amides is 1. The highest BCUT2D eigenvalue weighted by molar-refractivity contribution is 5.84. The summed E-state index contributed by atoms with van der Waals surface area (Å²) in [7, 11) is 0. The van der Waals surface area contributed by atoms with Gasteiger partial charge in [0.05, 0.1) is 0 Å². The summed E-state index contributed by atoms with van der Waals surface area (Å²) in [5, 5.41) is 2.97. The Balaban J connectivity index is -0.000000579. The predicted octanol–water partition coefficient (Wildman–Crippen LogP) is 4.40. The van der Waals surface area contributed by atoms with Crippen LogP contribution in [0.3, 0.4) is 0 Å². The molecule has 0 aliphatic carbocycles. The average Bonchev–Trinajstić information content (AvgIpc) is 2.32. The molecule has 0 saturated carbocycles. The van der Waals surface area contributed by atoms with Crippen LogP contribution in [0.2, 0.25) is 0 Å². The maximum Gasteiger partial charge on any atom is 0.251 e. The van der Waals surface area contributed by atoms with E-state index in [0.717, 1.165) is 6.42 Å². The van der Waals surface area contributed by atoms with Crippen molar-refractivity contribution in [2.75, 3.05) is 6.61 Å². The highest BCUT2D eigenvalue weighted by Gasteiger charge is 2.28. The molecule has 118 valence electrons. The number of hydrogen-bond acceptors (Lipinski definition) is 2. The lowest BCUT2D eigenvalue weighted by Gasteiger charge is -2.26. The molecule has 0 fully saturated rings. The second-order valence-corrected chi connectivity index (χ2v) is 4.95. The summed E-state index contributed by atoms with van der Waals surface area (Å²) in [5.41, 5.74) is -0.722. The molecule has 0 radical (unpaired) electrons. The van der Waals surface area contributed by atoms with Gasteiger partial charge in [-0.15, -0.1) is 0 Å². The summed E-state index contributed by atoms with van der Waals surface area (Å²) in [6.45, 7) is 20.4. The quantitative estimate of drug-likeness (QED) is 0.780. The molecule has 0 aromatic heterocycles. The van der Waals surface area contributed by atoms with Crippen LogP contribution in [-0.2, 0) is 9.53 Å². The fourth-order valence-electron chi connectivity index (χ4n) is 1.59. The van der Waals surface area contributed by atoms with E-state index in [4.69, 9.17) is 4.74 Å². The molecule has 0 saturated heterocycles. The monoisotopic (exact) mass is 275 g/mol. The first-order valence-electron chi connectivity index (χ1n) is 7.74. The Morgan fingerprint density at radius 1 is 1.11 bits per heavy atom. The van der Waals surface area contributed by atoms with E-state index in [1.807, 2.05) is 41.5 Å². The van der Waals surface area contributed by atoms with Gasteiger partial charge in [0.1, 0.15) is 5.60 Å². The summed E-state index contributed by atoms with van der Waals surface area (Å²) in [4.78, 5) is 11.8. The third-order valence-electron chi connectivity index (χ3n) is 2.25.